The molecule has 10 heteroatoms. The lowest BCUT2D eigenvalue weighted by Crippen LogP contribution is -2.15. The van der Waals surface area contributed by atoms with Gasteiger partial charge in [-0.25, -0.2) is 0 Å². The molecule has 3 aromatic carbocycles. The van der Waals surface area contributed by atoms with Crippen molar-refractivity contribution < 1.29 is 19.4 Å². The lowest BCUT2D eigenvalue weighted by Gasteiger charge is -2.08. The molecular formula is C20H14N4O6. The van der Waals surface area contributed by atoms with E-state index in [-0.39, 0.29) is 22.5 Å². The average molecular weight is 406 g/mol. The van der Waals surface area contributed by atoms with E-state index in [2.05, 4.69) is 10.6 Å². The van der Waals surface area contributed by atoms with Crippen LogP contribution in [0.15, 0.2) is 72.8 Å². The fraction of sp³-hybridized carbons (Fsp3) is 0. The first-order valence-electron chi connectivity index (χ1n) is 8.55. The van der Waals surface area contributed by atoms with Crippen molar-refractivity contribution in [3.63, 3.8) is 0 Å². The Morgan fingerprint density at radius 1 is 0.633 bits per heavy atom. The zero-order valence-corrected chi connectivity index (χ0v) is 15.3. The number of nitro benzene ring substituents is 2. The zero-order valence-electron chi connectivity index (χ0n) is 15.3. The van der Waals surface area contributed by atoms with E-state index in [1.807, 2.05) is 0 Å². The van der Waals surface area contributed by atoms with Crippen molar-refractivity contribution >= 4 is 34.6 Å². The second-order valence-electron chi connectivity index (χ2n) is 6.10. The first kappa shape index (κ1) is 20.1. The summed E-state index contributed by atoms with van der Waals surface area (Å²) >= 11 is 0. The largest absolute Gasteiger partial charge is 0.322 e. The summed E-state index contributed by atoms with van der Waals surface area (Å²) < 4.78 is 0. The van der Waals surface area contributed by atoms with E-state index in [0.717, 1.165) is 0 Å². The Morgan fingerprint density at radius 2 is 1.00 bits per heavy atom. The maximum absolute atomic E-state index is 12.4. The van der Waals surface area contributed by atoms with Crippen LogP contribution in [0.2, 0.25) is 0 Å². The number of amides is 2. The number of hydrogen-bond acceptors (Lipinski definition) is 6. The summed E-state index contributed by atoms with van der Waals surface area (Å²) in [6.07, 6.45) is 0. The Morgan fingerprint density at radius 3 is 1.33 bits per heavy atom. The molecule has 0 unspecified atom stereocenters. The minimum atomic E-state index is -0.543. The number of anilines is 2. The number of nitro groups is 2. The van der Waals surface area contributed by atoms with Crippen LogP contribution < -0.4 is 10.6 Å². The van der Waals surface area contributed by atoms with Crippen molar-refractivity contribution in [2.45, 2.75) is 0 Å². The van der Waals surface area contributed by atoms with E-state index in [1.165, 1.54) is 72.8 Å². The van der Waals surface area contributed by atoms with Crippen LogP contribution >= 0.6 is 0 Å². The molecule has 0 bridgehead atoms. The molecule has 0 aromatic heterocycles. The summed E-state index contributed by atoms with van der Waals surface area (Å²) in [7, 11) is 0. The number of carbonyl (C=O) groups is 2. The van der Waals surface area contributed by atoms with Gasteiger partial charge in [0.1, 0.15) is 0 Å². The van der Waals surface area contributed by atoms with Crippen LogP contribution in [-0.4, -0.2) is 21.7 Å². The van der Waals surface area contributed by atoms with Crippen molar-refractivity contribution in [2.24, 2.45) is 0 Å². The van der Waals surface area contributed by atoms with Gasteiger partial charge in [-0.05, 0) is 42.5 Å². The normalized spacial score (nSPS) is 10.1. The van der Waals surface area contributed by atoms with Gasteiger partial charge in [0, 0.05) is 46.8 Å². The molecule has 0 aliphatic rings. The predicted molar refractivity (Wildman–Crippen MR) is 109 cm³/mol. The minimum Gasteiger partial charge on any atom is -0.322 e. The van der Waals surface area contributed by atoms with E-state index in [4.69, 9.17) is 0 Å². The van der Waals surface area contributed by atoms with Gasteiger partial charge < -0.3 is 10.6 Å². The van der Waals surface area contributed by atoms with Crippen molar-refractivity contribution in [3.8, 4) is 0 Å². The van der Waals surface area contributed by atoms with Crippen LogP contribution in [0.3, 0.4) is 0 Å². The number of rotatable bonds is 6. The van der Waals surface area contributed by atoms with Crippen LogP contribution in [0.1, 0.15) is 20.7 Å². The zero-order chi connectivity index (χ0) is 21.7. The molecule has 0 saturated heterocycles. The highest BCUT2D eigenvalue weighted by Gasteiger charge is 2.13. The molecular weight excluding hydrogens is 392 g/mol. The molecule has 3 rings (SSSR count). The van der Waals surface area contributed by atoms with Crippen molar-refractivity contribution in [1.29, 1.82) is 0 Å². The summed E-state index contributed by atoms with van der Waals surface area (Å²) in [4.78, 5) is 45.1. The fourth-order valence-corrected chi connectivity index (χ4v) is 2.54. The number of hydrogen-bond donors (Lipinski definition) is 2. The van der Waals surface area contributed by atoms with Crippen LogP contribution in [0.25, 0.3) is 0 Å². The molecule has 0 atom stereocenters. The predicted octanol–water partition coefficient (Wildman–Crippen LogP) is 4.01. The number of nitrogens with zero attached hydrogens (tertiary/aromatic N) is 2. The van der Waals surface area contributed by atoms with Gasteiger partial charge in [0.25, 0.3) is 23.2 Å². The van der Waals surface area contributed by atoms with Gasteiger partial charge in [-0.1, -0.05) is 6.07 Å². The van der Waals surface area contributed by atoms with Crippen LogP contribution in [-0.2, 0) is 0 Å². The molecule has 30 heavy (non-hydrogen) atoms. The van der Waals surface area contributed by atoms with Crippen molar-refractivity contribution in [1.82, 2.24) is 0 Å². The molecule has 0 spiro atoms. The van der Waals surface area contributed by atoms with Gasteiger partial charge in [0.05, 0.1) is 9.85 Å². The van der Waals surface area contributed by atoms with Gasteiger partial charge in [-0.15, -0.1) is 0 Å². The maximum Gasteiger partial charge on any atom is 0.269 e. The summed E-state index contributed by atoms with van der Waals surface area (Å²) in [5.41, 5.74) is 0.961. The number of non-ortho nitro benzene ring substituents is 2. The molecule has 10 nitrogen and oxygen atoms in total. The standard InChI is InChI=1S/C20H14N4O6/c25-19(21-15-4-8-17(9-5-15)23(27)28)13-2-1-3-14(12-13)20(26)22-16-6-10-18(11-7-16)24(29)30/h1-12H,(H,21,25)(H,22,26). The van der Waals surface area contributed by atoms with E-state index < -0.39 is 21.7 Å². The molecule has 0 aliphatic carbocycles. The molecule has 3 aromatic rings. The molecule has 0 aliphatic heterocycles. The summed E-state index contributed by atoms with van der Waals surface area (Å²) in [5, 5.41) is 26.6. The number of benzene rings is 3. The monoisotopic (exact) mass is 406 g/mol. The van der Waals surface area contributed by atoms with E-state index in [0.29, 0.717) is 11.4 Å². The van der Waals surface area contributed by atoms with Crippen molar-refractivity contribution in [2.75, 3.05) is 10.6 Å². The first-order valence-corrected chi connectivity index (χ1v) is 8.55. The topological polar surface area (TPSA) is 144 Å². The lowest BCUT2D eigenvalue weighted by molar-refractivity contribution is -0.385. The third kappa shape index (κ3) is 4.81. The number of carbonyl (C=O) groups excluding carboxylic acids is 2. The summed E-state index contributed by atoms with van der Waals surface area (Å²) in [5.74, 6) is -0.984. The third-order valence-electron chi connectivity index (χ3n) is 4.06. The van der Waals surface area contributed by atoms with Crippen LogP contribution in [0, 0.1) is 20.2 Å². The van der Waals surface area contributed by atoms with Gasteiger partial charge >= 0.3 is 0 Å². The Balaban J connectivity index is 1.69. The van der Waals surface area contributed by atoms with E-state index in [9.17, 15) is 29.8 Å². The van der Waals surface area contributed by atoms with Gasteiger partial charge in [-0.3, -0.25) is 29.8 Å². The number of nitrogens with one attached hydrogen (secondary N) is 2. The quantitative estimate of drug-likeness (QED) is 0.467. The van der Waals surface area contributed by atoms with E-state index in [1.54, 1.807) is 0 Å². The molecule has 0 fully saturated rings. The second kappa shape index (κ2) is 8.61. The second-order valence-corrected chi connectivity index (χ2v) is 6.10. The first-order chi connectivity index (χ1) is 14.3. The SMILES string of the molecule is O=C(Nc1ccc([N+](=O)[O-])cc1)c1cccc(C(=O)Nc2ccc([N+](=O)[O-])cc2)c1. The minimum absolute atomic E-state index is 0.0992. The molecule has 0 radical (unpaired) electrons. The Labute approximate surface area is 169 Å². The van der Waals surface area contributed by atoms with Crippen LogP contribution in [0.4, 0.5) is 22.7 Å². The molecule has 2 amide bonds. The fourth-order valence-electron chi connectivity index (χ4n) is 2.54. The lowest BCUT2D eigenvalue weighted by atomic mass is 10.1. The smallest absolute Gasteiger partial charge is 0.269 e. The summed E-state index contributed by atoms with van der Waals surface area (Å²) in [6, 6.07) is 16.6. The van der Waals surface area contributed by atoms with Gasteiger partial charge in [-0.2, -0.15) is 0 Å². The Kier molecular flexibility index (Phi) is 5.78. The molecule has 0 heterocycles. The molecule has 2 N–H and O–H groups in total. The van der Waals surface area contributed by atoms with Crippen LogP contribution in [0.5, 0.6) is 0 Å². The third-order valence-corrected chi connectivity index (χ3v) is 4.06. The van der Waals surface area contributed by atoms with E-state index >= 15 is 0 Å². The highest BCUT2D eigenvalue weighted by atomic mass is 16.6. The Hall–Kier alpha value is -4.60. The van der Waals surface area contributed by atoms with Gasteiger partial charge in [0.2, 0.25) is 0 Å². The Bertz CT molecular complexity index is 1040. The highest BCUT2D eigenvalue weighted by molar-refractivity contribution is 6.08. The average Bonchev–Trinajstić information content (AvgIpc) is 2.74. The molecule has 0 saturated carbocycles. The summed E-state index contributed by atoms with van der Waals surface area (Å²) in [6.45, 7) is 0. The van der Waals surface area contributed by atoms with Gasteiger partial charge in [0.15, 0.2) is 0 Å². The molecule has 150 valence electrons. The highest BCUT2D eigenvalue weighted by Crippen LogP contribution is 2.18. The van der Waals surface area contributed by atoms with Crippen molar-refractivity contribution in [3.05, 3.63) is 104 Å². The maximum atomic E-state index is 12.4.